The highest BCUT2D eigenvalue weighted by molar-refractivity contribution is 7.99. The number of nitrogens with zero attached hydrogens (tertiary/aromatic N) is 1. The summed E-state index contributed by atoms with van der Waals surface area (Å²) in [5, 5.41) is 10.5. The molecule has 1 unspecified atom stereocenters. The smallest absolute Gasteiger partial charge is 0.263 e. The molecule has 0 saturated carbocycles. The van der Waals surface area contributed by atoms with E-state index in [2.05, 4.69) is 5.87 Å². The molecule has 0 N–H and O–H groups in total. The fourth-order valence-corrected chi connectivity index (χ4v) is 1.80. The monoisotopic (exact) mass is 233 g/mol. The lowest BCUT2D eigenvalue weighted by Gasteiger charge is -2.02. The average molecular weight is 234 g/mol. The lowest BCUT2D eigenvalue weighted by Crippen LogP contribution is -1.98. The van der Waals surface area contributed by atoms with E-state index < -0.39 is 14.4 Å². The minimum absolute atomic E-state index is 0.0300. The van der Waals surface area contributed by atoms with Gasteiger partial charge in [0.2, 0.25) is 0 Å². The van der Waals surface area contributed by atoms with Gasteiger partial charge in [0.25, 0.3) is 5.69 Å². The van der Waals surface area contributed by atoms with Crippen LogP contribution in [0, 0.1) is 10.1 Å². The van der Waals surface area contributed by atoms with E-state index in [0.29, 0.717) is 4.90 Å². The van der Waals surface area contributed by atoms with E-state index in [1.165, 1.54) is 24.5 Å². The highest BCUT2D eigenvalue weighted by Crippen LogP contribution is 2.26. The van der Waals surface area contributed by atoms with Crippen molar-refractivity contribution in [2.45, 2.75) is 4.90 Å². The molecule has 14 heavy (non-hydrogen) atoms. The molecule has 0 aliphatic carbocycles. The summed E-state index contributed by atoms with van der Waals surface area (Å²) in [5.74, 6) is 3.43. The molecule has 1 rings (SSSR count). The van der Waals surface area contributed by atoms with Gasteiger partial charge in [-0.15, -0.1) is 0 Å². The van der Waals surface area contributed by atoms with Gasteiger partial charge in [0, 0.05) is 17.2 Å². The topological polar surface area (TPSA) is 60.2 Å². The maximum absolute atomic E-state index is 11.5. The summed E-state index contributed by atoms with van der Waals surface area (Å²) in [6.07, 6.45) is 1.42. The molecule has 6 heteroatoms. The zero-order valence-electron chi connectivity index (χ0n) is 7.40. The summed E-state index contributed by atoms with van der Waals surface area (Å²) in [7, 11) is -2.44. The summed E-state index contributed by atoms with van der Waals surface area (Å²) < 4.78 is 11.5. The Balaban J connectivity index is 3.42. The number of nitro benzene ring substituents is 1. The van der Waals surface area contributed by atoms with E-state index in [0.717, 1.165) is 0 Å². The molecule has 1 aromatic rings. The summed E-state index contributed by atoms with van der Waals surface area (Å²) in [5.41, 5.74) is -0.248. The molecule has 76 valence electrons. The van der Waals surface area contributed by atoms with Crippen molar-refractivity contribution in [3.63, 3.8) is 0 Å². The van der Waals surface area contributed by atoms with Gasteiger partial charge >= 0.3 is 0 Å². The number of rotatable bonds is 2. The minimum atomic E-state index is -2.44. The molecule has 1 atom stereocenters. The highest BCUT2D eigenvalue weighted by Gasteiger charge is 2.14. The number of benzene rings is 1. The van der Waals surface area contributed by atoms with Crippen LogP contribution in [0.2, 0.25) is 5.02 Å². The number of halogens is 1. The van der Waals surface area contributed by atoms with Crippen molar-refractivity contribution in [2.75, 3.05) is 6.26 Å². The van der Waals surface area contributed by atoms with E-state index in [1.54, 1.807) is 0 Å². The molecule has 4 nitrogen and oxygen atoms in total. The zero-order chi connectivity index (χ0) is 10.9. The second kappa shape index (κ2) is 3.59. The van der Waals surface area contributed by atoms with Crippen molar-refractivity contribution in [3.8, 4) is 0 Å². The molecule has 0 aromatic heterocycles. The Morgan fingerprint density at radius 3 is 2.57 bits per heavy atom. The SMILES string of the molecule is C=S(C)(=O)c1ccc(Cl)c([N+](=O)[O-])c1. The van der Waals surface area contributed by atoms with Gasteiger partial charge in [0.1, 0.15) is 5.02 Å². The molecule has 0 amide bonds. The summed E-state index contributed by atoms with van der Waals surface area (Å²) in [6, 6.07) is 4.02. The summed E-state index contributed by atoms with van der Waals surface area (Å²) in [4.78, 5) is 10.2. The van der Waals surface area contributed by atoms with Gasteiger partial charge in [-0.2, -0.15) is 0 Å². The first kappa shape index (κ1) is 11.0. The summed E-state index contributed by atoms with van der Waals surface area (Å²) >= 11 is 5.59. The lowest BCUT2D eigenvalue weighted by molar-refractivity contribution is -0.384. The maximum Gasteiger partial charge on any atom is 0.289 e. The number of hydrogen-bond donors (Lipinski definition) is 0. The zero-order valence-corrected chi connectivity index (χ0v) is 8.97. The van der Waals surface area contributed by atoms with Gasteiger partial charge in [0.05, 0.1) is 4.92 Å². The van der Waals surface area contributed by atoms with Crippen LogP contribution in [-0.4, -0.2) is 21.3 Å². The molecule has 1 aromatic carbocycles. The first-order chi connectivity index (χ1) is 6.32. The second-order valence-electron chi connectivity index (χ2n) is 2.88. The van der Waals surface area contributed by atoms with Crippen LogP contribution >= 0.6 is 11.6 Å². The van der Waals surface area contributed by atoms with E-state index in [9.17, 15) is 14.3 Å². The van der Waals surface area contributed by atoms with Crippen molar-refractivity contribution in [3.05, 3.63) is 33.3 Å². The Morgan fingerprint density at radius 2 is 2.14 bits per heavy atom. The minimum Gasteiger partial charge on any atom is -0.263 e. The maximum atomic E-state index is 11.5. The highest BCUT2D eigenvalue weighted by atomic mass is 35.5. The van der Waals surface area contributed by atoms with E-state index >= 15 is 0 Å². The molecule has 0 bridgehead atoms. The van der Waals surface area contributed by atoms with Crippen LogP contribution < -0.4 is 0 Å². The standard InChI is InChI=1S/C8H8ClNO3S/c1-14(2,13)6-3-4-7(9)8(5-6)10(11)12/h3-5H,1H2,2H3. The van der Waals surface area contributed by atoms with Crippen molar-refractivity contribution >= 4 is 32.7 Å². The molecule has 0 radical (unpaired) electrons. The van der Waals surface area contributed by atoms with Gasteiger partial charge in [-0.25, -0.2) is 0 Å². The predicted octanol–water partition coefficient (Wildman–Crippen LogP) is 1.95. The Kier molecular flexibility index (Phi) is 2.82. The molecule has 0 aliphatic heterocycles. The van der Waals surface area contributed by atoms with Crippen molar-refractivity contribution < 1.29 is 9.13 Å². The molecular weight excluding hydrogens is 226 g/mol. The van der Waals surface area contributed by atoms with Crippen LogP contribution in [0.5, 0.6) is 0 Å². The van der Waals surface area contributed by atoms with Crippen LogP contribution in [0.1, 0.15) is 0 Å². The van der Waals surface area contributed by atoms with Crippen LogP contribution in [0.3, 0.4) is 0 Å². The van der Waals surface area contributed by atoms with E-state index in [-0.39, 0.29) is 10.7 Å². The third-order valence-electron chi connectivity index (χ3n) is 1.61. The molecule has 0 saturated heterocycles. The van der Waals surface area contributed by atoms with Gasteiger partial charge < -0.3 is 0 Å². The van der Waals surface area contributed by atoms with Crippen LogP contribution in [-0.2, 0) is 9.52 Å². The quantitative estimate of drug-likeness (QED) is 0.446. The van der Waals surface area contributed by atoms with Crippen LogP contribution in [0.15, 0.2) is 23.1 Å². The first-order valence-electron chi connectivity index (χ1n) is 3.58. The van der Waals surface area contributed by atoms with Crippen LogP contribution in [0.4, 0.5) is 5.69 Å². The fourth-order valence-electron chi connectivity index (χ4n) is 0.901. The van der Waals surface area contributed by atoms with Gasteiger partial charge in [-0.05, 0) is 27.5 Å². The van der Waals surface area contributed by atoms with Gasteiger partial charge in [-0.3, -0.25) is 14.3 Å². The molecular formula is C8H8ClNO3S. The third kappa shape index (κ3) is 2.24. The number of nitro groups is 1. The Morgan fingerprint density at radius 1 is 1.57 bits per heavy atom. The first-order valence-corrected chi connectivity index (χ1v) is 6.10. The second-order valence-corrected chi connectivity index (χ2v) is 5.76. The fraction of sp³-hybridized carbons (Fsp3) is 0.125. The largest absolute Gasteiger partial charge is 0.289 e. The lowest BCUT2D eigenvalue weighted by atomic mass is 10.3. The Labute approximate surface area is 86.7 Å². The molecule has 0 heterocycles. The van der Waals surface area contributed by atoms with Crippen LogP contribution in [0.25, 0.3) is 0 Å². The third-order valence-corrected chi connectivity index (χ3v) is 3.18. The van der Waals surface area contributed by atoms with E-state index in [1.807, 2.05) is 0 Å². The molecule has 0 spiro atoms. The molecule has 0 fully saturated rings. The van der Waals surface area contributed by atoms with Crippen molar-refractivity contribution in [2.24, 2.45) is 0 Å². The number of hydrogen-bond acceptors (Lipinski definition) is 3. The van der Waals surface area contributed by atoms with Gasteiger partial charge in [0.15, 0.2) is 0 Å². The van der Waals surface area contributed by atoms with Crippen molar-refractivity contribution in [1.29, 1.82) is 0 Å². The predicted molar refractivity (Wildman–Crippen MR) is 57.6 cm³/mol. The average Bonchev–Trinajstić information content (AvgIpc) is 2.02. The van der Waals surface area contributed by atoms with Gasteiger partial charge in [-0.1, -0.05) is 11.6 Å². The summed E-state index contributed by atoms with van der Waals surface area (Å²) in [6.45, 7) is 0. The normalized spacial score (nSPS) is 14.7. The van der Waals surface area contributed by atoms with Crippen molar-refractivity contribution in [1.82, 2.24) is 0 Å². The Hall–Kier alpha value is -1.07. The Bertz CT molecular complexity index is 481. The van der Waals surface area contributed by atoms with E-state index in [4.69, 9.17) is 11.6 Å². The molecule has 0 aliphatic rings.